The number of oxime groups is 1. The average molecular weight is 407 g/mol. The fourth-order valence-corrected chi connectivity index (χ4v) is 3.35. The maximum absolute atomic E-state index is 12.5. The molecule has 126 valence electrons. The fourth-order valence-electron chi connectivity index (χ4n) is 1.49. The van der Waals surface area contributed by atoms with Gasteiger partial charge in [0.05, 0.1) is 18.8 Å². The molecular weight excluding hydrogens is 391 g/mol. The zero-order chi connectivity index (χ0) is 17.5. The molecule has 1 amide bonds. The van der Waals surface area contributed by atoms with Gasteiger partial charge in [0.25, 0.3) is 11.4 Å². The molecule has 8 nitrogen and oxygen atoms in total. The highest BCUT2D eigenvalue weighted by Gasteiger charge is 2.37. The first-order chi connectivity index (χ1) is 10.9. The van der Waals surface area contributed by atoms with E-state index >= 15 is 0 Å². The van der Waals surface area contributed by atoms with Crippen LogP contribution in [0.4, 0.5) is 0 Å². The lowest BCUT2D eigenvalue weighted by Crippen LogP contribution is -2.26. The maximum Gasteiger partial charge on any atom is 0.388 e. The summed E-state index contributed by atoms with van der Waals surface area (Å²) in [7, 11) is -4.06. The molecule has 0 bridgehead atoms. The smallest absolute Gasteiger partial charge is 0.364 e. The van der Waals surface area contributed by atoms with Gasteiger partial charge in [-0.05, 0) is 41.9 Å². The van der Waals surface area contributed by atoms with Crippen molar-refractivity contribution >= 4 is 40.9 Å². The first kappa shape index (κ1) is 19.5. The van der Waals surface area contributed by atoms with E-state index in [-0.39, 0.29) is 18.8 Å². The summed E-state index contributed by atoms with van der Waals surface area (Å²) in [5.74, 6) is -2.04. The largest absolute Gasteiger partial charge is 0.388 e. The second-order valence-electron chi connectivity index (χ2n) is 3.97. The van der Waals surface area contributed by atoms with E-state index in [1.54, 1.807) is 32.0 Å². The topological polar surface area (TPSA) is 117 Å². The Morgan fingerprint density at radius 3 is 2.26 bits per heavy atom. The van der Waals surface area contributed by atoms with Crippen LogP contribution in [0, 0.1) is 0 Å². The van der Waals surface area contributed by atoms with E-state index in [9.17, 15) is 14.2 Å². The Morgan fingerprint density at radius 2 is 1.78 bits per heavy atom. The van der Waals surface area contributed by atoms with Crippen LogP contribution in [0.5, 0.6) is 0 Å². The van der Waals surface area contributed by atoms with Gasteiger partial charge in [-0.15, -0.1) is 0 Å². The number of benzene rings is 1. The van der Waals surface area contributed by atoms with Crippen LogP contribution in [0.3, 0.4) is 0 Å². The van der Waals surface area contributed by atoms with Crippen LogP contribution in [0.1, 0.15) is 24.2 Å². The number of hydrogen-bond donors (Lipinski definition) is 1. The van der Waals surface area contributed by atoms with Crippen molar-refractivity contribution in [1.82, 2.24) is 0 Å². The number of halogens is 1. The molecule has 1 aromatic carbocycles. The van der Waals surface area contributed by atoms with E-state index < -0.39 is 24.9 Å². The van der Waals surface area contributed by atoms with Crippen molar-refractivity contribution in [3.63, 3.8) is 0 Å². The molecule has 1 aromatic rings. The molecule has 0 radical (unpaired) electrons. The van der Waals surface area contributed by atoms with Gasteiger partial charge in [-0.3, -0.25) is 9.36 Å². The van der Waals surface area contributed by atoms with E-state index in [1.165, 1.54) is 6.07 Å². The highest BCUT2D eigenvalue weighted by atomic mass is 79.9. The second-order valence-corrected chi connectivity index (χ2v) is 6.76. The summed E-state index contributed by atoms with van der Waals surface area (Å²) in [6.07, 6.45) is 0. The number of carbonyl (C=O) groups is 2. The molecule has 10 heteroatoms. The maximum atomic E-state index is 12.5. The Kier molecular flexibility index (Phi) is 7.57. The van der Waals surface area contributed by atoms with Crippen LogP contribution in [0.25, 0.3) is 0 Å². The number of carbonyl (C=O) groups excluding carboxylic acids is 2. The summed E-state index contributed by atoms with van der Waals surface area (Å²) >= 11 is 3.18. The molecule has 0 saturated carbocycles. The number of nitrogens with zero attached hydrogens (tertiary/aromatic N) is 1. The minimum absolute atomic E-state index is 0.0121. The standard InChI is InChI=1S/C13H16BrN2O6P/c1-3-20-23(19,21-4-2)12(11(15)17)16-22-13(18)9-7-5-6-8-10(9)14/h5-8H,3-4H2,1-2H3,(H2,15,17)/b16-12+. The summed E-state index contributed by atoms with van der Waals surface area (Å²) in [6.45, 7) is 3.08. The molecule has 0 fully saturated rings. The SMILES string of the molecule is CCOP(=O)(OCC)/C(=N/OC(=O)c1ccccc1Br)C(N)=O. The van der Waals surface area contributed by atoms with Crippen molar-refractivity contribution in [2.45, 2.75) is 13.8 Å². The molecule has 23 heavy (non-hydrogen) atoms. The number of hydrogen-bond acceptors (Lipinski definition) is 7. The fraction of sp³-hybridized carbons (Fsp3) is 0.308. The molecule has 0 aliphatic carbocycles. The third-order valence-corrected chi connectivity index (χ3v) is 5.10. The molecule has 0 aliphatic heterocycles. The first-order valence-electron chi connectivity index (χ1n) is 6.59. The van der Waals surface area contributed by atoms with Crippen LogP contribution in [-0.4, -0.2) is 30.5 Å². The lowest BCUT2D eigenvalue weighted by atomic mass is 10.2. The van der Waals surface area contributed by atoms with E-state index in [0.29, 0.717) is 4.47 Å². The Morgan fingerprint density at radius 1 is 1.22 bits per heavy atom. The van der Waals surface area contributed by atoms with Gasteiger partial charge in [-0.25, -0.2) is 4.79 Å². The second kappa shape index (κ2) is 8.93. The third-order valence-electron chi connectivity index (χ3n) is 2.39. The predicted octanol–water partition coefficient (Wildman–Crippen LogP) is 2.67. The monoisotopic (exact) mass is 406 g/mol. The van der Waals surface area contributed by atoms with Gasteiger partial charge < -0.3 is 19.6 Å². The predicted molar refractivity (Wildman–Crippen MR) is 87.0 cm³/mol. The third kappa shape index (κ3) is 5.24. The van der Waals surface area contributed by atoms with Gasteiger partial charge in [-0.2, -0.15) is 0 Å². The van der Waals surface area contributed by atoms with Crippen molar-refractivity contribution < 1.29 is 28.0 Å². The molecule has 0 unspecified atom stereocenters. The molecule has 0 heterocycles. The lowest BCUT2D eigenvalue weighted by Gasteiger charge is -2.16. The van der Waals surface area contributed by atoms with Crippen molar-refractivity contribution in [2.75, 3.05) is 13.2 Å². The number of rotatable bonds is 8. The molecule has 2 N–H and O–H groups in total. The summed E-state index contributed by atoms with van der Waals surface area (Å²) < 4.78 is 22.9. The highest BCUT2D eigenvalue weighted by molar-refractivity contribution is 9.10. The van der Waals surface area contributed by atoms with E-state index in [4.69, 9.17) is 14.8 Å². The summed E-state index contributed by atoms with van der Waals surface area (Å²) in [6, 6.07) is 6.43. The van der Waals surface area contributed by atoms with Gasteiger partial charge in [0.1, 0.15) is 0 Å². The molecule has 0 atom stereocenters. The molecule has 0 spiro atoms. The van der Waals surface area contributed by atoms with Crippen molar-refractivity contribution in [1.29, 1.82) is 0 Å². The van der Waals surface area contributed by atoms with E-state index in [0.717, 1.165) is 0 Å². The molecule has 1 rings (SSSR count). The highest BCUT2D eigenvalue weighted by Crippen LogP contribution is 2.49. The van der Waals surface area contributed by atoms with Crippen LogP contribution in [0.15, 0.2) is 33.9 Å². The summed E-state index contributed by atoms with van der Waals surface area (Å²) in [5.41, 5.74) is 4.53. The Labute approximate surface area is 141 Å². The zero-order valence-electron chi connectivity index (χ0n) is 12.5. The average Bonchev–Trinajstić information content (AvgIpc) is 2.47. The quantitative estimate of drug-likeness (QED) is 0.307. The van der Waals surface area contributed by atoms with Crippen LogP contribution in [-0.2, 0) is 23.2 Å². The van der Waals surface area contributed by atoms with Gasteiger partial charge in [0.2, 0.25) is 0 Å². The van der Waals surface area contributed by atoms with Crippen LogP contribution >= 0.6 is 23.5 Å². The molecular formula is C13H16BrN2O6P. The van der Waals surface area contributed by atoms with E-state index in [2.05, 4.69) is 25.9 Å². The normalized spacial score (nSPS) is 12.0. The lowest BCUT2D eigenvalue weighted by molar-refractivity contribution is -0.111. The molecule has 0 aliphatic rings. The number of amides is 1. The van der Waals surface area contributed by atoms with Gasteiger partial charge in [0, 0.05) is 4.47 Å². The van der Waals surface area contributed by atoms with Crippen molar-refractivity contribution in [3.8, 4) is 0 Å². The Bertz CT molecular complexity index is 654. The Hall–Kier alpha value is -1.54. The van der Waals surface area contributed by atoms with Gasteiger partial charge >= 0.3 is 13.6 Å². The number of primary amides is 1. The minimum atomic E-state index is -4.06. The van der Waals surface area contributed by atoms with Crippen molar-refractivity contribution in [3.05, 3.63) is 34.3 Å². The summed E-state index contributed by atoms with van der Waals surface area (Å²) in [5, 5.41) is 3.31. The van der Waals surface area contributed by atoms with Crippen LogP contribution < -0.4 is 5.73 Å². The summed E-state index contributed by atoms with van der Waals surface area (Å²) in [4.78, 5) is 28.1. The van der Waals surface area contributed by atoms with Crippen LogP contribution in [0.2, 0.25) is 0 Å². The van der Waals surface area contributed by atoms with Gasteiger partial charge in [-0.1, -0.05) is 17.3 Å². The van der Waals surface area contributed by atoms with E-state index in [1.807, 2.05) is 0 Å². The first-order valence-corrected chi connectivity index (χ1v) is 8.92. The Balaban J connectivity index is 3.08. The minimum Gasteiger partial charge on any atom is -0.364 e. The number of nitrogens with two attached hydrogens (primary N) is 1. The van der Waals surface area contributed by atoms with Gasteiger partial charge in [0.15, 0.2) is 0 Å². The molecule has 0 aromatic heterocycles. The molecule has 0 saturated heterocycles. The van der Waals surface area contributed by atoms with Crippen molar-refractivity contribution in [2.24, 2.45) is 10.9 Å². The zero-order valence-corrected chi connectivity index (χ0v) is 15.0.